The van der Waals surface area contributed by atoms with Gasteiger partial charge in [-0.3, -0.25) is 0 Å². The molecule has 0 amide bonds. The first kappa shape index (κ1) is 18.4. The maximum Gasteiger partial charge on any atom is 0.232 e. The van der Waals surface area contributed by atoms with Crippen LogP contribution in [0.4, 0.5) is 5.82 Å². The van der Waals surface area contributed by atoms with E-state index in [1.165, 1.54) is 13.4 Å². The first-order valence-corrected chi connectivity index (χ1v) is 8.68. The minimum absolute atomic E-state index is 0.311. The summed E-state index contributed by atoms with van der Waals surface area (Å²) >= 11 is 0. The summed E-state index contributed by atoms with van der Waals surface area (Å²) in [5.74, 6) is 0.311. The van der Waals surface area contributed by atoms with E-state index in [0.29, 0.717) is 16.9 Å². The Morgan fingerprint density at radius 2 is 2.24 bits per heavy atom. The number of hydrogen-bond acceptors (Lipinski definition) is 10. The highest BCUT2D eigenvalue weighted by atomic mass is 31.2. The number of ether oxygens (including phenoxy) is 2. The molecule has 5 atom stereocenters. The van der Waals surface area contributed by atoms with Crippen LogP contribution in [0.1, 0.15) is 13.2 Å². The van der Waals surface area contributed by atoms with Crippen LogP contribution >= 0.6 is 8.38 Å². The number of anilines is 1. The fourth-order valence-electron chi connectivity index (χ4n) is 2.69. The summed E-state index contributed by atoms with van der Waals surface area (Å²) in [4.78, 5) is 22.3. The monoisotopic (exact) mass is 374 g/mol. The minimum Gasteiger partial charge on any atom is -0.387 e. The third-order valence-corrected chi connectivity index (χ3v) is 4.68. The number of nitrogen functional groups attached to an aromatic ring is 1. The second kappa shape index (κ2) is 7.06. The largest absolute Gasteiger partial charge is 0.387 e. The molecule has 2 unspecified atom stereocenters. The van der Waals surface area contributed by atoms with Crippen LogP contribution in [0.15, 0.2) is 18.6 Å². The standard InChI is InChI=1S/C13H19N4O7P/c1-13(21-2)8(19)11(23-24-25(20)6-18)22-12(13)17-4-3-7-9(14)15-5-16-10(7)17/h3-5,8,11-12,18-20H,6H2,1-2H3,(H2,14,15,16)/t8?,11-,12-,13-,25?/m1/s1. The molecule has 12 heteroatoms. The average Bonchev–Trinajstić information content (AvgIpc) is 3.14. The Labute approximate surface area is 143 Å². The van der Waals surface area contributed by atoms with Crippen LogP contribution in [0.5, 0.6) is 0 Å². The van der Waals surface area contributed by atoms with Gasteiger partial charge in [-0.2, -0.15) is 9.56 Å². The number of rotatable bonds is 6. The van der Waals surface area contributed by atoms with E-state index in [4.69, 9.17) is 25.2 Å². The molecule has 3 rings (SSSR count). The van der Waals surface area contributed by atoms with Gasteiger partial charge in [-0.25, -0.2) is 9.97 Å². The molecule has 0 radical (unpaired) electrons. The lowest BCUT2D eigenvalue weighted by Gasteiger charge is -2.31. The van der Waals surface area contributed by atoms with E-state index in [1.54, 1.807) is 23.8 Å². The molecule has 3 heterocycles. The molecule has 2 aromatic heterocycles. The second-order valence-electron chi connectivity index (χ2n) is 5.57. The van der Waals surface area contributed by atoms with E-state index >= 15 is 0 Å². The number of aromatic nitrogens is 3. The summed E-state index contributed by atoms with van der Waals surface area (Å²) in [6.45, 7) is 1.63. The second-order valence-corrected chi connectivity index (χ2v) is 6.71. The van der Waals surface area contributed by atoms with Crippen molar-refractivity contribution in [2.75, 3.05) is 19.2 Å². The fourth-order valence-corrected chi connectivity index (χ4v) is 2.92. The van der Waals surface area contributed by atoms with E-state index in [0.717, 1.165) is 0 Å². The van der Waals surface area contributed by atoms with Crippen molar-refractivity contribution in [3.05, 3.63) is 18.6 Å². The molecular formula is C13H19N4O7P. The molecule has 138 valence electrons. The Balaban J connectivity index is 1.92. The predicted molar refractivity (Wildman–Crippen MR) is 85.7 cm³/mol. The minimum atomic E-state index is -2.18. The van der Waals surface area contributed by atoms with E-state index in [9.17, 15) is 10.00 Å². The smallest absolute Gasteiger partial charge is 0.232 e. The number of fused-ring (bicyclic) bond motifs is 1. The molecule has 0 aliphatic carbocycles. The molecule has 1 aliphatic rings. The van der Waals surface area contributed by atoms with Gasteiger partial charge in [-0.1, -0.05) is 0 Å². The summed E-state index contributed by atoms with van der Waals surface area (Å²) in [6, 6.07) is 1.72. The molecule has 1 saturated heterocycles. The maximum absolute atomic E-state index is 10.5. The first-order valence-electron chi connectivity index (χ1n) is 7.28. The molecule has 5 N–H and O–H groups in total. The van der Waals surface area contributed by atoms with E-state index < -0.39 is 38.9 Å². The maximum atomic E-state index is 10.5. The molecule has 11 nitrogen and oxygen atoms in total. The van der Waals surface area contributed by atoms with Crippen LogP contribution in [0, 0.1) is 0 Å². The van der Waals surface area contributed by atoms with Crippen molar-refractivity contribution in [1.82, 2.24) is 14.5 Å². The zero-order chi connectivity index (χ0) is 18.2. The van der Waals surface area contributed by atoms with Gasteiger partial charge in [0.2, 0.25) is 14.7 Å². The highest BCUT2D eigenvalue weighted by Gasteiger charge is 2.56. The van der Waals surface area contributed by atoms with Crippen LogP contribution in [0.3, 0.4) is 0 Å². The normalized spacial score (nSPS) is 30.8. The van der Waals surface area contributed by atoms with E-state index in [1.807, 2.05) is 0 Å². The van der Waals surface area contributed by atoms with Gasteiger partial charge in [0.25, 0.3) is 0 Å². The van der Waals surface area contributed by atoms with E-state index in [2.05, 4.69) is 14.6 Å². The summed E-state index contributed by atoms with van der Waals surface area (Å²) in [7, 11) is -0.762. The van der Waals surface area contributed by atoms with Crippen molar-refractivity contribution < 1.29 is 34.1 Å². The topological polar surface area (TPSA) is 154 Å². The van der Waals surface area contributed by atoms with Crippen LogP contribution in [0.25, 0.3) is 11.0 Å². The summed E-state index contributed by atoms with van der Waals surface area (Å²) < 4.78 is 17.5. The molecular weight excluding hydrogens is 355 g/mol. The summed E-state index contributed by atoms with van der Waals surface area (Å²) in [5, 5.41) is 19.9. The highest BCUT2D eigenvalue weighted by Crippen LogP contribution is 2.44. The molecule has 0 spiro atoms. The number of aliphatic hydroxyl groups is 2. The Hall–Kier alpha value is -1.43. The highest BCUT2D eigenvalue weighted by molar-refractivity contribution is 7.45. The van der Waals surface area contributed by atoms with Crippen molar-refractivity contribution in [2.24, 2.45) is 0 Å². The van der Waals surface area contributed by atoms with Gasteiger partial charge in [-0.15, -0.1) is 0 Å². The Kier molecular flexibility index (Phi) is 5.19. The Bertz CT molecular complexity index is 746. The third kappa shape index (κ3) is 3.09. The Morgan fingerprint density at radius 3 is 2.92 bits per heavy atom. The van der Waals surface area contributed by atoms with Crippen molar-refractivity contribution in [1.29, 1.82) is 0 Å². The van der Waals surface area contributed by atoms with Gasteiger partial charge in [0.05, 0.1) is 5.39 Å². The zero-order valence-electron chi connectivity index (χ0n) is 13.5. The number of nitrogens with zero attached hydrogens (tertiary/aromatic N) is 3. The van der Waals surface area contributed by atoms with Crippen molar-refractivity contribution in [3.8, 4) is 0 Å². The molecule has 25 heavy (non-hydrogen) atoms. The molecule has 1 fully saturated rings. The predicted octanol–water partition coefficient (Wildman–Crippen LogP) is -0.163. The zero-order valence-corrected chi connectivity index (χ0v) is 14.4. The molecule has 0 aromatic carbocycles. The molecule has 0 saturated carbocycles. The van der Waals surface area contributed by atoms with Gasteiger partial charge >= 0.3 is 0 Å². The number of nitrogens with two attached hydrogens (primary N) is 1. The van der Waals surface area contributed by atoms with Crippen molar-refractivity contribution in [2.45, 2.75) is 31.1 Å². The van der Waals surface area contributed by atoms with Crippen molar-refractivity contribution >= 4 is 25.2 Å². The molecule has 1 aliphatic heterocycles. The number of aliphatic hydroxyl groups excluding tert-OH is 2. The van der Waals surface area contributed by atoms with Gasteiger partial charge in [0, 0.05) is 13.3 Å². The van der Waals surface area contributed by atoms with Gasteiger partial charge < -0.3 is 34.9 Å². The van der Waals surface area contributed by atoms with Crippen molar-refractivity contribution in [3.63, 3.8) is 0 Å². The summed E-state index contributed by atoms with van der Waals surface area (Å²) in [5.41, 5.74) is 5.12. The van der Waals surface area contributed by atoms with Crippen LogP contribution < -0.4 is 5.73 Å². The lowest BCUT2D eigenvalue weighted by molar-refractivity contribution is -0.332. The average molecular weight is 374 g/mol. The van der Waals surface area contributed by atoms with E-state index in [-0.39, 0.29) is 0 Å². The lowest BCUT2D eigenvalue weighted by Crippen LogP contribution is -2.45. The fraction of sp³-hybridized carbons (Fsp3) is 0.538. The van der Waals surface area contributed by atoms with Crippen LogP contribution in [-0.2, 0) is 19.0 Å². The first-order chi connectivity index (χ1) is 11.9. The number of hydrogen-bond donors (Lipinski definition) is 4. The van der Waals surface area contributed by atoms with Crippen LogP contribution in [-0.4, -0.2) is 61.1 Å². The lowest BCUT2D eigenvalue weighted by atomic mass is 9.99. The molecule has 0 bridgehead atoms. The van der Waals surface area contributed by atoms with Gasteiger partial charge in [-0.05, 0) is 13.0 Å². The van der Waals surface area contributed by atoms with Gasteiger partial charge in [0.15, 0.2) is 6.23 Å². The molecule has 2 aromatic rings. The number of methoxy groups -OCH3 is 1. The quantitative estimate of drug-likeness (QED) is 0.304. The third-order valence-electron chi connectivity index (χ3n) is 4.18. The SMILES string of the molecule is CO[C@]1(C)C(O)[C@@H](OOP(O)CO)O[C@H]1n1ccc2c(N)ncnc21. The Morgan fingerprint density at radius 1 is 1.48 bits per heavy atom. The summed E-state index contributed by atoms with van der Waals surface area (Å²) in [6.07, 6.45) is -0.938. The van der Waals surface area contributed by atoms with Gasteiger partial charge in [0.1, 0.15) is 35.8 Å². The van der Waals surface area contributed by atoms with Crippen LogP contribution in [0.2, 0.25) is 0 Å².